The lowest BCUT2D eigenvalue weighted by molar-refractivity contribution is -0.136. The molecule has 0 radical (unpaired) electrons. The summed E-state index contributed by atoms with van der Waals surface area (Å²) in [6, 6.07) is 0.141. The number of morpholine rings is 1. The summed E-state index contributed by atoms with van der Waals surface area (Å²) < 4.78 is 29.0. The van der Waals surface area contributed by atoms with Crippen LogP contribution in [0.25, 0.3) is 0 Å². The average Bonchev–Trinajstić information content (AvgIpc) is 3.26. The lowest BCUT2D eigenvalue weighted by Crippen LogP contribution is -2.48. The van der Waals surface area contributed by atoms with Gasteiger partial charge in [0, 0.05) is 43.4 Å². The van der Waals surface area contributed by atoms with Crippen LogP contribution in [-0.4, -0.2) is 97.6 Å². The minimum Gasteiger partial charge on any atom is -0.378 e. The summed E-state index contributed by atoms with van der Waals surface area (Å²) in [6.45, 7) is 3.27. The summed E-state index contributed by atoms with van der Waals surface area (Å²) in [6.07, 6.45) is 5.19. The van der Waals surface area contributed by atoms with E-state index in [4.69, 9.17) is 9.72 Å². The largest absolute Gasteiger partial charge is 0.378 e. The number of hydrogen-bond donors (Lipinski definition) is 0. The average molecular weight is 436 g/mol. The van der Waals surface area contributed by atoms with Crippen molar-refractivity contribution in [1.29, 1.82) is 0 Å². The van der Waals surface area contributed by atoms with Crippen molar-refractivity contribution in [3.8, 4) is 0 Å². The van der Waals surface area contributed by atoms with Gasteiger partial charge in [-0.1, -0.05) is 0 Å². The molecule has 9 nitrogen and oxygen atoms in total. The Hall–Kier alpha value is -1.78. The number of sulfone groups is 1. The van der Waals surface area contributed by atoms with Gasteiger partial charge in [0.1, 0.15) is 0 Å². The maximum atomic E-state index is 13.2. The zero-order valence-electron chi connectivity index (χ0n) is 17.4. The van der Waals surface area contributed by atoms with E-state index in [-0.39, 0.29) is 42.1 Å². The molecule has 0 spiro atoms. The molecule has 2 bridgehead atoms. The third-order valence-electron chi connectivity index (χ3n) is 6.98. The molecular formula is C20H29N5O4S. The van der Waals surface area contributed by atoms with Gasteiger partial charge in [-0.15, -0.1) is 0 Å². The molecule has 1 aromatic heterocycles. The quantitative estimate of drug-likeness (QED) is 0.653. The number of ether oxygens (including phenoxy) is 1. The minimum absolute atomic E-state index is 0.0331. The smallest absolute Gasteiger partial charge is 0.237 e. The molecule has 164 valence electrons. The second kappa shape index (κ2) is 7.72. The van der Waals surface area contributed by atoms with Gasteiger partial charge < -0.3 is 14.5 Å². The summed E-state index contributed by atoms with van der Waals surface area (Å²) >= 11 is 0. The van der Waals surface area contributed by atoms with Crippen LogP contribution in [0.5, 0.6) is 0 Å². The number of amides is 1. The van der Waals surface area contributed by atoms with Gasteiger partial charge in [-0.05, 0) is 26.3 Å². The lowest BCUT2D eigenvalue weighted by atomic mass is 9.99. The highest BCUT2D eigenvalue weighted by Gasteiger charge is 2.44. The van der Waals surface area contributed by atoms with Crippen molar-refractivity contribution in [3.63, 3.8) is 0 Å². The highest BCUT2D eigenvalue weighted by molar-refractivity contribution is 7.91. The molecule has 30 heavy (non-hydrogen) atoms. The molecule has 0 aromatic carbocycles. The van der Waals surface area contributed by atoms with E-state index >= 15 is 0 Å². The van der Waals surface area contributed by atoms with Gasteiger partial charge in [-0.2, -0.15) is 0 Å². The Balaban J connectivity index is 1.30. The lowest BCUT2D eigenvalue weighted by Gasteiger charge is -2.37. The number of anilines is 1. The molecule has 0 saturated carbocycles. The first-order valence-electron chi connectivity index (χ1n) is 10.8. The standard InChI is InChI=1S/C20H29N5O4S/c1-23(15-4-9-30(27,28)13-15)12-19(26)25-14-2-3-18(25)16-11-21-20(22-17(16)10-14)24-5-7-29-8-6-24/h11,14-15,18H,2-10,12-13H2,1H3/t14-,15+,18-/m0/s1. The molecular weight excluding hydrogens is 406 g/mol. The van der Waals surface area contributed by atoms with Gasteiger partial charge in [0.05, 0.1) is 43.0 Å². The van der Waals surface area contributed by atoms with Crippen LogP contribution < -0.4 is 4.90 Å². The molecule has 4 aliphatic heterocycles. The van der Waals surface area contributed by atoms with Crippen LogP contribution in [0.15, 0.2) is 6.20 Å². The fraction of sp³-hybridized carbons (Fsp3) is 0.750. The summed E-state index contributed by atoms with van der Waals surface area (Å²) in [4.78, 5) is 28.7. The number of hydrogen-bond acceptors (Lipinski definition) is 8. The van der Waals surface area contributed by atoms with Crippen LogP contribution in [-0.2, 0) is 25.8 Å². The van der Waals surface area contributed by atoms with E-state index in [0.29, 0.717) is 19.6 Å². The summed E-state index contributed by atoms with van der Waals surface area (Å²) in [5, 5.41) is 0. The summed E-state index contributed by atoms with van der Waals surface area (Å²) in [7, 11) is -1.10. The van der Waals surface area contributed by atoms with Crippen molar-refractivity contribution in [2.45, 2.75) is 43.8 Å². The van der Waals surface area contributed by atoms with Gasteiger partial charge in [0.25, 0.3) is 0 Å². The van der Waals surface area contributed by atoms with Gasteiger partial charge in [-0.25, -0.2) is 18.4 Å². The Morgan fingerprint density at radius 1 is 1.27 bits per heavy atom. The van der Waals surface area contributed by atoms with Crippen LogP contribution in [0.3, 0.4) is 0 Å². The number of rotatable bonds is 4. The van der Waals surface area contributed by atoms with Gasteiger partial charge >= 0.3 is 0 Å². The van der Waals surface area contributed by atoms with E-state index in [1.54, 1.807) is 0 Å². The van der Waals surface area contributed by atoms with Gasteiger partial charge in [-0.3, -0.25) is 9.69 Å². The monoisotopic (exact) mass is 435 g/mol. The maximum absolute atomic E-state index is 13.2. The van der Waals surface area contributed by atoms with Crippen molar-refractivity contribution in [2.75, 3.05) is 56.3 Å². The first-order chi connectivity index (χ1) is 14.4. The molecule has 5 rings (SSSR count). The molecule has 4 aliphatic rings. The number of carbonyl (C=O) groups is 1. The molecule has 10 heteroatoms. The van der Waals surface area contributed by atoms with Crippen molar-refractivity contribution in [2.24, 2.45) is 0 Å². The van der Waals surface area contributed by atoms with Crippen molar-refractivity contribution in [3.05, 3.63) is 17.5 Å². The van der Waals surface area contributed by atoms with Crippen LogP contribution in [0.1, 0.15) is 36.6 Å². The predicted molar refractivity (Wildman–Crippen MR) is 111 cm³/mol. The molecule has 3 fully saturated rings. The van der Waals surface area contributed by atoms with Gasteiger partial charge in [0.15, 0.2) is 9.84 Å². The molecule has 3 saturated heterocycles. The van der Waals surface area contributed by atoms with Crippen LogP contribution >= 0.6 is 0 Å². The number of fused-ring (bicyclic) bond motifs is 4. The number of aromatic nitrogens is 2. The molecule has 1 aromatic rings. The third-order valence-corrected chi connectivity index (χ3v) is 8.73. The Bertz CT molecular complexity index is 933. The minimum atomic E-state index is -2.96. The zero-order chi connectivity index (χ0) is 20.9. The zero-order valence-corrected chi connectivity index (χ0v) is 18.2. The predicted octanol–water partition coefficient (Wildman–Crippen LogP) is 0.0203. The van der Waals surface area contributed by atoms with Crippen LogP contribution in [0.2, 0.25) is 0 Å². The molecule has 5 heterocycles. The van der Waals surface area contributed by atoms with Crippen LogP contribution in [0, 0.1) is 0 Å². The second-order valence-electron chi connectivity index (χ2n) is 8.90. The second-order valence-corrected chi connectivity index (χ2v) is 11.1. The Morgan fingerprint density at radius 3 is 2.80 bits per heavy atom. The van der Waals surface area contributed by atoms with Crippen LogP contribution in [0.4, 0.5) is 5.95 Å². The van der Waals surface area contributed by atoms with E-state index in [1.165, 1.54) is 0 Å². The first-order valence-corrected chi connectivity index (χ1v) is 12.6. The SMILES string of the molecule is CN(CC(=O)N1[C@H]2CC[C@H]1c1cnc(N3CCOCC3)nc1C2)[C@@H]1CCS(=O)(=O)C1. The molecule has 1 amide bonds. The van der Waals surface area contributed by atoms with Crippen molar-refractivity contribution in [1.82, 2.24) is 19.8 Å². The van der Waals surface area contributed by atoms with E-state index < -0.39 is 9.84 Å². The highest BCUT2D eigenvalue weighted by atomic mass is 32.2. The van der Waals surface area contributed by atoms with Crippen molar-refractivity contribution >= 4 is 21.7 Å². The molecule has 0 aliphatic carbocycles. The highest BCUT2D eigenvalue weighted by Crippen LogP contribution is 2.43. The fourth-order valence-electron chi connectivity index (χ4n) is 5.31. The molecule has 0 N–H and O–H groups in total. The Morgan fingerprint density at radius 2 is 2.07 bits per heavy atom. The molecule has 3 atom stereocenters. The number of likely N-dealkylation sites (N-methyl/N-ethyl adjacent to an activating group) is 1. The summed E-state index contributed by atoms with van der Waals surface area (Å²) in [5.74, 6) is 1.22. The summed E-state index contributed by atoms with van der Waals surface area (Å²) in [5.41, 5.74) is 2.14. The first kappa shape index (κ1) is 20.1. The van der Waals surface area contributed by atoms with E-state index in [2.05, 4.69) is 9.88 Å². The van der Waals surface area contributed by atoms with Gasteiger partial charge in [0.2, 0.25) is 11.9 Å². The fourth-order valence-corrected chi connectivity index (χ4v) is 7.12. The Labute approximate surface area is 177 Å². The normalized spacial score (nSPS) is 30.0. The Kier molecular flexibility index (Phi) is 5.19. The van der Waals surface area contributed by atoms with E-state index in [9.17, 15) is 13.2 Å². The number of carbonyl (C=O) groups excluding carboxylic acids is 1. The molecule has 0 unspecified atom stereocenters. The topological polar surface area (TPSA) is 95.9 Å². The van der Waals surface area contributed by atoms with E-state index in [0.717, 1.165) is 49.6 Å². The van der Waals surface area contributed by atoms with E-state index in [1.807, 2.05) is 23.0 Å². The van der Waals surface area contributed by atoms with Crippen molar-refractivity contribution < 1.29 is 17.9 Å². The maximum Gasteiger partial charge on any atom is 0.237 e. The third kappa shape index (κ3) is 3.69. The number of nitrogens with zero attached hydrogens (tertiary/aromatic N) is 5.